The third-order valence-electron chi connectivity index (χ3n) is 5.38. The highest BCUT2D eigenvalue weighted by atomic mass is 19.3. The van der Waals surface area contributed by atoms with E-state index in [-0.39, 0.29) is 23.6 Å². The minimum atomic E-state index is -3.61. The lowest BCUT2D eigenvalue weighted by atomic mass is 10.1. The molecule has 1 fully saturated rings. The molecule has 3 aliphatic rings. The average Bonchev–Trinajstić information content (AvgIpc) is 3.03. The van der Waals surface area contributed by atoms with Gasteiger partial charge >= 0.3 is 12.3 Å². The van der Waals surface area contributed by atoms with Crippen molar-refractivity contribution in [3.05, 3.63) is 35.4 Å². The number of carbonyl (C=O) groups excluding carboxylic acids is 1. The number of hydrogen-bond acceptors (Lipinski definition) is 4. The number of rotatable bonds is 3. The fourth-order valence-electron chi connectivity index (χ4n) is 3.81. The van der Waals surface area contributed by atoms with Gasteiger partial charge in [-0.05, 0) is 36.6 Å². The van der Waals surface area contributed by atoms with Crippen molar-refractivity contribution in [2.45, 2.75) is 32.2 Å². The number of piperazine rings is 1. The van der Waals surface area contributed by atoms with Crippen molar-refractivity contribution in [3.8, 4) is 23.3 Å². The Balaban J connectivity index is 1.33. The van der Waals surface area contributed by atoms with Gasteiger partial charge in [0, 0.05) is 39.8 Å². The van der Waals surface area contributed by atoms with E-state index < -0.39 is 6.29 Å². The van der Waals surface area contributed by atoms with Crippen LogP contribution in [0.15, 0.2) is 24.3 Å². The first-order valence-electron chi connectivity index (χ1n) is 9.62. The molecule has 0 bridgehead atoms. The zero-order valence-corrected chi connectivity index (χ0v) is 16.5. The Morgan fingerprint density at radius 2 is 2.03 bits per heavy atom. The first-order chi connectivity index (χ1) is 13.8. The summed E-state index contributed by atoms with van der Waals surface area (Å²) in [6.45, 7) is 4.96. The quantitative estimate of drug-likeness (QED) is 0.729. The van der Waals surface area contributed by atoms with E-state index >= 15 is 0 Å². The number of nitrogens with zero attached hydrogens (tertiary/aromatic N) is 3. The molecule has 2 amide bonds. The summed E-state index contributed by atoms with van der Waals surface area (Å²) in [6, 6.07) is 3.34. The molecule has 2 aliphatic heterocycles. The van der Waals surface area contributed by atoms with Crippen LogP contribution in [0.1, 0.15) is 17.5 Å². The molecule has 1 aromatic rings. The van der Waals surface area contributed by atoms with Crippen LogP contribution in [0.4, 0.5) is 13.6 Å². The number of ether oxygens (including phenoxy) is 2. The highest BCUT2D eigenvalue weighted by Crippen LogP contribution is 2.43. The Morgan fingerprint density at radius 1 is 1.28 bits per heavy atom. The van der Waals surface area contributed by atoms with Crippen molar-refractivity contribution in [1.29, 1.82) is 0 Å². The van der Waals surface area contributed by atoms with Crippen LogP contribution in [-0.2, 0) is 6.54 Å². The first kappa shape index (κ1) is 19.5. The summed E-state index contributed by atoms with van der Waals surface area (Å²) in [6.07, 6.45) is 0.929. The Bertz CT molecular complexity index is 898. The fourth-order valence-corrected chi connectivity index (χ4v) is 3.81. The highest BCUT2D eigenvalue weighted by Gasteiger charge is 2.44. The molecule has 29 heavy (non-hydrogen) atoms. The molecule has 154 valence electrons. The number of allylic oxidation sites excluding steroid dienone is 1. The van der Waals surface area contributed by atoms with Crippen LogP contribution in [0.5, 0.6) is 11.5 Å². The number of alkyl halides is 2. The molecule has 1 atom stereocenters. The maximum atomic E-state index is 13.3. The molecule has 1 aromatic carbocycles. The molecular weight excluding hydrogens is 380 g/mol. The minimum Gasteiger partial charge on any atom is -0.395 e. The molecule has 0 spiro atoms. The second-order valence-corrected chi connectivity index (χ2v) is 7.51. The molecule has 0 saturated carbocycles. The summed E-state index contributed by atoms with van der Waals surface area (Å²) in [4.78, 5) is 18.5. The number of aryl methyl sites for hydroxylation is 1. The fraction of sp³-hybridized carbons (Fsp3) is 0.476. The van der Waals surface area contributed by atoms with E-state index in [0.717, 1.165) is 12.0 Å². The van der Waals surface area contributed by atoms with Crippen molar-refractivity contribution in [1.82, 2.24) is 14.7 Å². The predicted octanol–water partition coefficient (Wildman–Crippen LogP) is 2.82. The predicted molar refractivity (Wildman–Crippen MR) is 103 cm³/mol. The van der Waals surface area contributed by atoms with E-state index in [1.54, 1.807) is 24.9 Å². The normalized spacial score (nSPS) is 22.2. The molecule has 2 heterocycles. The average molecular weight is 403 g/mol. The van der Waals surface area contributed by atoms with Crippen LogP contribution in [0.25, 0.3) is 0 Å². The van der Waals surface area contributed by atoms with Crippen molar-refractivity contribution >= 4 is 6.03 Å². The lowest BCUT2D eigenvalue weighted by molar-refractivity contribution is -0.286. The van der Waals surface area contributed by atoms with Crippen molar-refractivity contribution in [3.63, 3.8) is 0 Å². The topological polar surface area (TPSA) is 45.2 Å². The molecule has 1 unspecified atom stereocenters. The SMILES string of the molecule is Cc1cc(CN2CCN(C(=O)N(C)C3C#CC=CC3)CC2)cc2c1OC(F)(F)O2. The van der Waals surface area contributed by atoms with E-state index in [0.29, 0.717) is 38.3 Å². The number of halogens is 2. The standard InChI is InChI=1S/C21H23F2N3O3/c1-15-12-16(13-18-19(15)29-21(22,23)28-18)14-25-8-10-26(11-9-25)20(27)24(2)17-6-4-3-5-7-17/h3-4,12-13,17H,6,8-11,14H2,1-2H3. The maximum Gasteiger partial charge on any atom is 0.586 e. The Hall–Kier alpha value is -2.79. The van der Waals surface area contributed by atoms with Crippen LogP contribution in [0.3, 0.4) is 0 Å². The highest BCUT2D eigenvalue weighted by molar-refractivity contribution is 5.75. The van der Waals surface area contributed by atoms with Crippen molar-refractivity contribution in [2.24, 2.45) is 0 Å². The number of benzene rings is 1. The van der Waals surface area contributed by atoms with Gasteiger partial charge in [-0.2, -0.15) is 0 Å². The zero-order valence-electron chi connectivity index (χ0n) is 16.5. The van der Waals surface area contributed by atoms with Crippen LogP contribution in [0, 0.1) is 18.8 Å². The summed E-state index contributed by atoms with van der Waals surface area (Å²) in [5.41, 5.74) is 1.50. The number of urea groups is 1. The summed E-state index contributed by atoms with van der Waals surface area (Å²) >= 11 is 0. The van der Waals surface area contributed by atoms with E-state index in [1.165, 1.54) is 0 Å². The van der Waals surface area contributed by atoms with Crippen molar-refractivity contribution < 1.29 is 23.0 Å². The summed E-state index contributed by atoms with van der Waals surface area (Å²) in [5, 5.41) is 0. The number of carbonyl (C=O) groups is 1. The van der Waals surface area contributed by atoms with Gasteiger partial charge in [0.1, 0.15) is 0 Å². The number of hydrogen-bond donors (Lipinski definition) is 0. The molecule has 8 heteroatoms. The Kier molecular flexibility index (Phi) is 5.09. The maximum absolute atomic E-state index is 13.3. The van der Waals surface area contributed by atoms with Gasteiger partial charge in [0.15, 0.2) is 11.5 Å². The van der Waals surface area contributed by atoms with Crippen LogP contribution in [-0.4, -0.2) is 66.3 Å². The lowest BCUT2D eigenvalue weighted by Crippen LogP contribution is -2.53. The molecule has 1 aliphatic carbocycles. The van der Waals surface area contributed by atoms with E-state index in [4.69, 9.17) is 0 Å². The summed E-state index contributed by atoms with van der Waals surface area (Å²) in [5.74, 6) is 6.15. The Labute approximate surface area is 168 Å². The van der Waals surface area contributed by atoms with Gasteiger partial charge in [-0.3, -0.25) is 4.90 Å². The molecule has 0 aromatic heterocycles. The van der Waals surface area contributed by atoms with Crippen LogP contribution >= 0.6 is 0 Å². The molecule has 6 nitrogen and oxygen atoms in total. The largest absolute Gasteiger partial charge is 0.586 e. The lowest BCUT2D eigenvalue weighted by Gasteiger charge is -2.38. The second-order valence-electron chi connectivity index (χ2n) is 7.51. The van der Waals surface area contributed by atoms with Crippen molar-refractivity contribution in [2.75, 3.05) is 33.2 Å². The molecule has 4 rings (SSSR count). The molecular formula is C21H23F2N3O3. The van der Waals surface area contributed by atoms with Gasteiger partial charge < -0.3 is 19.3 Å². The monoisotopic (exact) mass is 403 g/mol. The minimum absolute atomic E-state index is 0.0135. The Morgan fingerprint density at radius 3 is 2.72 bits per heavy atom. The first-order valence-corrected chi connectivity index (χ1v) is 9.62. The summed E-state index contributed by atoms with van der Waals surface area (Å²) in [7, 11) is 1.79. The van der Waals surface area contributed by atoms with Gasteiger partial charge in [0.25, 0.3) is 0 Å². The summed E-state index contributed by atoms with van der Waals surface area (Å²) < 4.78 is 35.8. The molecule has 1 saturated heterocycles. The van der Waals surface area contributed by atoms with Gasteiger partial charge in [0.2, 0.25) is 0 Å². The van der Waals surface area contributed by atoms with Crippen LogP contribution < -0.4 is 9.47 Å². The van der Waals surface area contributed by atoms with Gasteiger partial charge in [-0.25, -0.2) is 4.79 Å². The third kappa shape index (κ3) is 4.15. The number of amides is 2. The third-order valence-corrected chi connectivity index (χ3v) is 5.38. The van der Waals surface area contributed by atoms with Gasteiger partial charge in [0.05, 0.1) is 6.04 Å². The van der Waals surface area contributed by atoms with E-state index in [9.17, 15) is 13.6 Å². The van der Waals surface area contributed by atoms with Gasteiger partial charge in [-0.15, -0.1) is 8.78 Å². The smallest absolute Gasteiger partial charge is 0.395 e. The molecule has 0 N–H and O–H groups in total. The number of fused-ring (bicyclic) bond motifs is 1. The van der Waals surface area contributed by atoms with Crippen LogP contribution in [0.2, 0.25) is 0 Å². The molecule has 0 radical (unpaired) electrons. The van der Waals surface area contributed by atoms with Gasteiger partial charge in [-0.1, -0.05) is 24.0 Å². The van der Waals surface area contributed by atoms with E-state index in [1.807, 2.05) is 23.1 Å². The van der Waals surface area contributed by atoms with E-state index in [2.05, 4.69) is 26.2 Å². The second kappa shape index (κ2) is 7.56. The zero-order chi connectivity index (χ0) is 20.6.